The van der Waals surface area contributed by atoms with Crippen molar-refractivity contribution < 1.29 is 36.6 Å². The summed E-state index contributed by atoms with van der Waals surface area (Å²) < 4.78 is 73.3. The second-order valence-corrected chi connectivity index (χ2v) is 14.7. The molecule has 0 spiro atoms. The lowest BCUT2D eigenvalue weighted by molar-refractivity contribution is -0.274. The maximum atomic E-state index is 15.5. The lowest BCUT2D eigenvalue weighted by atomic mass is 9.49. The number of ether oxygens (including phenoxy) is 2. The lowest BCUT2D eigenvalue weighted by Gasteiger charge is -2.60. The average molecular weight is 571 g/mol. The third-order valence-corrected chi connectivity index (χ3v) is 12.4. The maximum Gasteiger partial charge on any atom is 0.415 e. The van der Waals surface area contributed by atoms with Crippen molar-refractivity contribution in [3.05, 3.63) is 0 Å². The number of esters is 2. The molecule has 8 aliphatic carbocycles. The minimum atomic E-state index is -5.30. The maximum absolute atomic E-state index is 15.5. The molecular weight excluding hydrogens is 524 g/mol. The molecule has 40 heavy (non-hydrogen) atoms. The van der Waals surface area contributed by atoms with E-state index in [2.05, 4.69) is 0 Å². The highest BCUT2D eigenvalue weighted by Crippen LogP contribution is 2.63. The Morgan fingerprint density at radius 1 is 0.575 bits per heavy atom. The van der Waals surface area contributed by atoms with Gasteiger partial charge in [0.05, 0.1) is 0 Å². The standard InChI is InChI=1S/C32H46F4O4/c1-3-5-7-29(23-11-19-9-20(13-23)14-24(29)12-19)39-27(37)31(33,34)32(35,36)28(38)40-30(8-6-4-2)25-15-21-10-22(17-25)18-26(30)16-21/h19-26H,3-18H2,1-2H3. The van der Waals surface area contributed by atoms with Crippen molar-refractivity contribution in [2.45, 2.75) is 140 Å². The fourth-order valence-corrected chi connectivity index (χ4v) is 10.9. The number of rotatable bonds is 11. The molecule has 8 aliphatic rings. The first-order chi connectivity index (χ1) is 18.9. The van der Waals surface area contributed by atoms with E-state index in [1.807, 2.05) is 13.8 Å². The third-order valence-electron chi connectivity index (χ3n) is 12.4. The fraction of sp³-hybridized carbons (Fsp3) is 0.938. The largest absolute Gasteiger partial charge is 0.454 e. The molecule has 0 amide bonds. The molecule has 0 radical (unpaired) electrons. The van der Waals surface area contributed by atoms with Crippen LogP contribution >= 0.6 is 0 Å². The van der Waals surface area contributed by atoms with Gasteiger partial charge in [-0.1, -0.05) is 26.7 Å². The van der Waals surface area contributed by atoms with Crippen LogP contribution in [0.3, 0.4) is 0 Å². The van der Waals surface area contributed by atoms with Crippen LogP contribution in [-0.2, 0) is 19.1 Å². The van der Waals surface area contributed by atoms with E-state index in [1.165, 1.54) is 0 Å². The van der Waals surface area contributed by atoms with Gasteiger partial charge in [0.25, 0.3) is 0 Å². The van der Waals surface area contributed by atoms with Gasteiger partial charge in [-0.25, -0.2) is 9.59 Å². The van der Waals surface area contributed by atoms with E-state index in [0.717, 1.165) is 77.0 Å². The van der Waals surface area contributed by atoms with E-state index in [-0.39, 0.29) is 23.7 Å². The molecule has 0 aromatic heterocycles. The van der Waals surface area contributed by atoms with Gasteiger partial charge in [-0.15, -0.1) is 0 Å². The first-order valence-corrected chi connectivity index (χ1v) is 16.2. The Kier molecular flexibility index (Phi) is 7.29. The number of carbonyl (C=O) groups is 2. The molecule has 0 aliphatic heterocycles. The number of halogens is 4. The van der Waals surface area contributed by atoms with Crippen molar-refractivity contribution in [1.29, 1.82) is 0 Å². The Morgan fingerprint density at radius 3 is 1.10 bits per heavy atom. The second-order valence-electron chi connectivity index (χ2n) is 14.7. The summed E-state index contributed by atoms with van der Waals surface area (Å²) in [6, 6.07) is 0. The SMILES string of the molecule is CCCCC1(OC(=O)C(F)(F)C(F)(F)C(=O)OC2(CCCC)C3CC4CC(C3)CC2C4)C2CC3CC(C2)CC1C3. The van der Waals surface area contributed by atoms with E-state index in [4.69, 9.17) is 9.47 Å². The molecule has 0 aromatic rings. The molecule has 226 valence electrons. The van der Waals surface area contributed by atoms with Crippen LogP contribution in [0.4, 0.5) is 17.6 Å². The van der Waals surface area contributed by atoms with Gasteiger partial charge in [-0.3, -0.25) is 0 Å². The Balaban J connectivity index is 1.23. The van der Waals surface area contributed by atoms with Crippen molar-refractivity contribution >= 4 is 11.9 Å². The summed E-state index contributed by atoms with van der Waals surface area (Å²) in [5.74, 6) is -13.5. The molecular formula is C32H46F4O4. The molecule has 0 atom stereocenters. The van der Waals surface area contributed by atoms with Crippen molar-refractivity contribution in [1.82, 2.24) is 0 Å². The van der Waals surface area contributed by atoms with Gasteiger partial charge in [0.2, 0.25) is 0 Å². The molecule has 0 saturated heterocycles. The molecule has 8 fully saturated rings. The molecule has 8 bridgehead atoms. The number of hydrogen-bond donors (Lipinski definition) is 0. The lowest BCUT2D eigenvalue weighted by Crippen LogP contribution is -2.64. The molecule has 0 unspecified atom stereocenters. The smallest absolute Gasteiger partial charge is 0.415 e. The van der Waals surface area contributed by atoms with Crippen LogP contribution in [0.25, 0.3) is 0 Å². The quantitative estimate of drug-likeness (QED) is 0.186. The predicted octanol–water partition coefficient (Wildman–Crippen LogP) is 8.11. The number of hydrogen-bond acceptors (Lipinski definition) is 4. The first kappa shape index (κ1) is 28.8. The van der Waals surface area contributed by atoms with Gasteiger partial charge < -0.3 is 9.47 Å². The van der Waals surface area contributed by atoms with Crippen LogP contribution in [0.5, 0.6) is 0 Å². The molecule has 8 saturated carbocycles. The van der Waals surface area contributed by atoms with Gasteiger partial charge in [0, 0.05) is 0 Å². The zero-order chi connectivity index (χ0) is 28.5. The predicted molar refractivity (Wildman–Crippen MR) is 141 cm³/mol. The minimum absolute atomic E-state index is 0.0824. The van der Waals surface area contributed by atoms with Gasteiger partial charge in [0.1, 0.15) is 11.2 Å². The van der Waals surface area contributed by atoms with Crippen LogP contribution in [0.2, 0.25) is 0 Å². The first-order valence-electron chi connectivity index (χ1n) is 16.2. The zero-order valence-electron chi connectivity index (χ0n) is 24.1. The van der Waals surface area contributed by atoms with Crippen molar-refractivity contribution in [2.75, 3.05) is 0 Å². The van der Waals surface area contributed by atoms with Crippen molar-refractivity contribution in [2.24, 2.45) is 47.3 Å². The van der Waals surface area contributed by atoms with Gasteiger partial charge in [-0.05, 0) is 137 Å². The normalized spacial score (nSPS) is 43.2. The number of carbonyl (C=O) groups excluding carboxylic acids is 2. The van der Waals surface area contributed by atoms with Gasteiger partial charge in [-0.2, -0.15) is 17.6 Å². The van der Waals surface area contributed by atoms with Gasteiger partial charge in [0.15, 0.2) is 0 Å². The molecule has 4 nitrogen and oxygen atoms in total. The summed E-state index contributed by atoms with van der Waals surface area (Å²) in [6.07, 6.45) is 12.3. The number of unbranched alkanes of at least 4 members (excludes halogenated alkanes) is 2. The Morgan fingerprint density at radius 2 is 0.850 bits per heavy atom. The van der Waals surface area contributed by atoms with E-state index < -0.39 is 35.0 Å². The average Bonchev–Trinajstić information content (AvgIpc) is 2.90. The summed E-state index contributed by atoms with van der Waals surface area (Å²) in [5, 5.41) is 0. The van der Waals surface area contributed by atoms with Crippen LogP contribution < -0.4 is 0 Å². The Hall–Kier alpha value is -1.34. The van der Waals surface area contributed by atoms with Crippen LogP contribution in [0.1, 0.15) is 117 Å². The fourth-order valence-electron chi connectivity index (χ4n) is 10.9. The highest BCUT2D eigenvalue weighted by atomic mass is 19.3. The summed E-state index contributed by atoms with van der Waals surface area (Å²) >= 11 is 0. The van der Waals surface area contributed by atoms with E-state index in [0.29, 0.717) is 49.4 Å². The van der Waals surface area contributed by atoms with Crippen molar-refractivity contribution in [3.63, 3.8) is 0 Å². The molecule has 8 heteroatoms. The summed E-state index contributed by atoms with van der Waals surface area (Å²) in [7, 11) is 0. The molecule has 0 aromatic carbocycles. The highest BCUT2D eigenvalue weighted by Gasteiger charge is 2.73. The Bertz CT molecular complexity index is 859. The third kappa shape index (κ3) is 4.34. The van der Waals surface area contributed by atoms with Crippen LogP contribution in [0, 0.1) is 47.3 Å². The van der Waals surface area contributed by atoms with E-state index in [1.54, 1.807) is 0 Å². The minimum Gasteiger partial charge on any atom is -0.454 e. The summed E-state index contributed by atoms with van der Waals surface area (Å²) in [5.41, 5.74) is -2.29. The molecule has 8 rings (SSSR count). The van der Waals surface area contributed by atoms with Crippen LogP contribution in [-0.4, -0.2) is 35.0 Å². The van der Waals surface area contributed by atoms with Crippen molar-refractivity contribution in [3.8, 4) is 0 Å². The Labute approximate surface area is 235 Å². The summed E-state index contributed by atoms with van der Waals surface area (Å²) in [6.45, 7) is 3.95. The van der Waals surface area contributed by atoms with E-state index in [9.17, 15) is 9.59 Å². The molecule has 0 heterocycles. The summed E-state index contributed by atoms with van der Waals surface area (Å²) in [4.78, 5) is 26.2. The van der Waals surface area contributed by atoms with Gasteiger partial charge >= 0.3 is 23.8 Å². The molecule has 0 N–H and O–H groups in total. The topological polar surface area (TPSA) is 52.6 Å². The number of alkyl halides is 4. The van der Waals surface area contributed by atoms with E-state index >= 15 is 17.6 Å². The van der Waals surface area contributed by atoms with Crippen LogP contribution in [0.15, 0.2) is 0 Å². The monoisotopic (exact) mass is 570 g/mol. The zero-order valence-corrected chi connectivity index (χ0v) is 24.1. The highest BCUT2D eigenvalue weighted by molar-refractivity contribution is 5.90. The second kappa shape index (κ2) is 10.1.